The third kappa shape index (κ3) is 2.62. The fourth-order valence-electron chi connectivity index (χ4n) is 1.70. The molecule has 98 valence electrons. The monoisotopic (exact) mass is 259 g/mol. The lowest BCUT2D eigenvalue weighted by molar-refractivity contribution is 0.0697. The van der Waals surface area contributed by atoms with Crippen LogP contribution in [0.1, 0.15) is 32.1 Å². The van der Waals surface area contributed by atoms with Gasteiger partial charge in [0.2, 0.25) is 0 Å². The molecule has 0 aliphatic rings. The maximum atomic E-state index is 12.0. The number of aromatic nitrogens is 2. The molecule has 0 spiro atoms. The van der Waals surface area contributed by atoms with Gasteiger partial charge in [0.15, 0.2) is 0 Å². The van der Waals surface area contributed by atoms with Crippen molar-refractivity contribution in [2.75, 3.05) is 5.32 Å². The Kier molecular flexibility index (Phi) is 3.33. The number of carbonyl (C=O) groups excluding carboxylic acids is 1. The van der Waals surface area contributed by atoms with Crippen molar-refractivity contribution in [1.29, 1.82) is 0 Å². The van der Waals surface area contributed by atoms with Crippen molar-refractivity contribution in [3.8, 4) is 0 Å². The first-order chi connectivity index (χ1) is 8.99. The zero-order valence-corrected chi connectivity index (χ0v) is 10.5. The molecule has 0 aliphatic heterocycles. The molecule has 1 amide bonds. The standard InChI is InChI=1S/C13H13N3O3/c1-7-3-4-9(5-14-7)12(17)16-10-6-15-8(2)11(10)13(18)19/h3-6,15H,1-2H3,(H,16,17)(H,18,19). The summed E-state index contributed by atoms with van der Waals surface area (Å²) < 4.78 is 0. The molecule has 0 saturated heterocycles. The molecule has 6 nitrogen and oxygen atoms in total. The zero-order chi connectivity index (χ0) is 14.0. The fraction of sp³-hybridized carbons (Fsp3) is 0.154. The van der Waals surface area contributed by atoms with Gasteiger partial charge in [-0.2, -0.15) is 0 Å². The molecule has 2 aromatic heterocycles. The quantitative estimate of drug-likeness (QED) is 0.785. The second-order valence-electron chi connectivity index (χ2n) is 4.15. The van der Waals surface area contributed by atoms with Gasteiger partial charge in [0.1, 0.15) is 5.56 Å². The van der Waals surface area contributed by atoms with E-state index in [1.807, 2.05) is 6.92 Å². The van der Waals surface area contributed by atoms with E-state index < -0.39 is 11.9 Å². The summed E-state index contributed by atoms with van der Waals surface area (Å²) in [5.74, 6) is -1.48. The van der Waals surface area contributed by atoms with E-state index in [4.69, 9.17) is 5.11 Å². The summed E-state index contributed by atoms with van der Waals surface area (Å²) in [6.07, 6.45) is 2.91. The summed E-state index contributed by atoms with van der Waals surface area (Å²) in [4.78, 5) is 29.8. The van der Waals surface area contributed by atoms with E-state index in [0.717, 1.165) is 5.69 Å². The van der Waals surface area contributed by atoms with E-state index in [1.165, 1.54) is 12.4 Å². The maximum Gasteiger partial charge on any atom is 0.339 e. The van der Waals surface area contributed by atoms with Crippen molar-refractivity contribution in [1.82, 2.24) is 9.97 Å². The Morgan fingerprint density at radius 3 is 2.63 bits per heavy atom. The summed E-state index contributed by atoms with van der Waals surface area (Å²) in [6, 6.07) is 3.35. The molecule has 0 aliphatic carbocycles. The lowest BCUT2D eigenvalue weighted by atomic mass is 10.2. The van der Waals surface area contributed by atoms with Gasteiger partial charge in [-0.15, -0.1) is 0 Å². The van der Waals surface area contributed by atoms with Crippen molar-refractivity contribution in [3.63, 3.8) is 0 Å². The summed E-state index contributed by atoms with van der Waals surface area (Å²) in [6.45, 7) is 3.45. The van der Waals surface area contributed by atoms with Gasteiger partial charge in [-0.3, -0.25) is 9.78 Å². The Balaban J connectivity index is 2.24. The summed E-state index contributed by atoms with van der Waals surface area (Å²) in [7, 11) is 0. The zero-order valence-electron chi connectivity index (χ0n) is 10.5. The molecule has 0 aromatic carbocycles. The highest BCUT2D eigenvalue weighted by Crippen LogP contribution is 2.19. The number of nitrogens with zero attached hydrogens (tertiary/aromatic N) is 1. The molecule has 0 saturated carbocycles. The van der Waals surface area contributed by atoms with Crippen molar-refractivity contribution < 1.29 is 14.7 Å². The highest BCUT2D eigenvalue weighted by Gasteiger charge is 2.17. The summed E-state index contributed by atoms with van der Waals surface area (Å²) in [5, 5.41) is 11.6. The molecule has 2 rings (SSSR count). The Labute approximate surface area is 109 Å². The predicted molar refractivity (Wildman–Crippen MR) is 69.4 cm³/mol. The molecule has 0 atom stereocenters. The number of H-pyrrole nitrogens is 1. The minimum atomic E-state index is -1.09. The van der Waals surface area contributed by atoms with Crippen LogP contribution in [0.15, 0.2) is 24.5 Å². The number of rotatable bonds is 3. The number of anilines is 1. The Morgan fingerprint density at radius 1 is 1.32 bits per heavy atom. The number of carboxylic acid groups (broad SMARTS) is 1. The third-order valence-electron chi connectivity index (χ3n) is 2.71. The maximum absolute atomic E-state index is 12.0. The van der Waals surface area contributed by atoms with Crippen LogP contribution in [0.4, 0.5) is 5.69 Å². The van der Waals surface area contributed by atoms with E-state index in [2.05, 4.69) is 15.3 Å². The summed E-state index contributed by atoms with van der Waals surface area (Å²) >= 11 is 0. The van der Waals surface area contributed by atoms with Gasteiger partial charge in [-0.05, 0) is 26.0 Å². The molecule has 0 fully saturated rings. The van der Waals surface area contributed by atoms with Crippen LogP contribution in [0.3, 0.4) is 0 Å². The van der Waals surface area contributed by atoms with Crippen molar-refractivity contribution in [2.24, 2.45) is 0 Å². The number of carboxylic acids is 1. The van der Waals surface area contributed by atoms with Crippen LogP contribution in [0.25, 0.3) is 0 Å². The highest BCUT2D eigenvalue weighted by atomic mass is 16.4. The van der Waals surface area contributed by atoms with Crippen LogP contribution in [0, 0.1) is 13.8 Å². The number of aryl methyl sites for hydroxylation is 2. The first-order valence-electron chi connectivity index (χ1n) is 5.64. The molecule has 3 N–H and O–H groups in total. The molecule has 0 radical (unpaired) electrons. The number of nitrogens with one attached hydrogen (secondary N) is 2. The SMILES string of the molecule is Cc1ccc(C(=O)Nc2c[nH]c(C)c2C(=O)O)cn1. The van der Waals surface area contributed by atoms with Crippen LogP contribution < -0.4 is 5.32 Å². The first-order valence-corrected chi connectivity index (χ1v) is 5.64. The number of aromatic carboxylic acids is 1. The largest absolute Gasteiger partial charge is 0.478 e. The molecule has 19 heavy (non-hydrogen) atoms. The van der Waals surface area contributed by atoms with Gasteiger partial charge in [-0.1, -0.05) is 0 Å². The van der Waals surface area contributed by atoms with E-state index in [9.17, 15) is 9.59 Å². The number of carbonyl (C=O) groups is 2. The molecule has 0 bridgehead atoms. The molecule has 0 unspecified atom stereocenters. The van der Waals surface area contributed by atoms with Crippen LogP contribution in [-0.2, 0) is 0 Å². The minimum absolute atomic E-state index is 0.0634. The van der Waals surface area contributed by atoms with Gasteiger partial charge in [0, 0.05) is 23.8 Å². The van der Waals surface area contributed by atoms with Crippen LogP contribution in [0.2, 0.25) is 0 Å². The van der Waals surface area contributed by atoms with Crippen molar-refractivity contribution in [2.45, 2.75) is 13.8 Å². The number of hydrogen-bond donors (Lipinski definition) is 3. The number of pyridine rings is 1. The average molecular weight is 259 g/mol. The number of hydrogen-bond acceptors (Lipinski definition) is 3. The smallest absolute Gasteiger partial charge is 0.339 e. The van der Waals surface area contributed by atoms with Crippen LogP contribution in [-0.4, -0.2) is 27.0 Å². The van der Waals surface area contributed by atoms with Gasteiger partial charge >= 0.3 is 5.97 Å². The Hall–Kier alpha value is -2.63. The lowest BCUT2D eigenvalue weighted by Crippen LogP contribution is -2.14. The van der Waals surface area contributed by atoms with Gasteiger partial charge < -0.3 is 15.4 Å². The third-order valence-corrected chi connectivity index (χ3v) is 2.71. The topological polar surface area (TPSA) is 95.1 Å². The van der Waals surface area contributed by atoms with Crippen molar-refractivity contribution >= 4 is 17.6 Å². The lowest BCUT2D eigenvalue weighted by Gasteiger charge is -2.04. The molecular weight excluding hydrogens is 246 g/mol. The van der Waals surface area contributed by atoms with Crippen LogP contribution in [0.5, 0.6) is 0 Å². The number of aromatic amines is 1. The van der Waals surface area contributed by atoms with E-state index >= 15 is 0 Å². The minimum Gasteiger partial charge on any atom is -0.478 e. The molecule has 2 aromatic rings. The Morgan fingerprint density at radius 2 is 2.05 bits per heavy atom. The second kappa shape index (κ2) is 4.93. The van der Waals surface area contributed by atoms with Gasteiger partial charge in [0.25, 0.3) is 5.91 Å². The normalized spacial score (nSPS) is 10.2. The van der Waals surface area contributed by atoms with Gasteiger partial charge in [0.05, 0.1) is 11.3 Å². The second-order valence-corrected chi connectivity index (χ2v) is 4.15. The fourth-order valence-corrected chi connectivity index (χ4v) is 1.70. The average Bonchev–Trinajstić information content (AvgIpc) is 2.71. The molecule has 6 heteroatoms. The first kappa shape index (κ1) is 12.8. The van der Waals surface area contributed by atoms with Gasteiger partial charge in [-0.25, -0.2) is 4.79 Å². The highest BCUT2D eigenvalue weighted by molar-refractivity contribution is 6.07. The van der Waals surface area contributed by atoms with E-state index in [-0.39, 0.29) is 11.3 Å². The summed E-state index contributed by atoms with van der Waals surface area (Å²) in [5.41, 5.74) is 1.98. The molecular formula is C13H13N3O3. The number of amides is 1. The Bertz CT molecular complexity index is 629. The van der Waals surface area contributed by atoms with Crippen LogP contribution >= 0.6 is 0 Å². The molecule has 2 heterocycles. The van der Waals surface area contributed by atoms with Crippen molar-refractivity contribution in [3.05, 3.63) is 47.0 Å². The van der Waals surface area contributed by atoms with E-state index in [1.54, 1.807) is 19.1 Å². The predicted octanol–water partition coefficient (Wildman–Crippen LogP) is 1.98. The van der Waals surface area contributed by atoms with E-state index in [0.29, 0.717) is 11.3 Å².